The van der Waals surface area contributed by atoms with Gasteiger partial charge in [0.05, 0.1) is 6.61 Å². The zero-order valence-corrected chi connectivity index (χ0v) is 17.5. The molecule has 2 aromatic carbocycles. The van der Waals surface area contributed by atoms with Crippen LogP contribution in [0.2, 0.25) is 0 Å². The zero-order valence-electron chi connectivity index (χ0n) is 17.5. The van der Waals surface area contributed by atoms with Crippen molar-refractivity contribution in [2.45, 2.75) is 52.1 Å². The van der Waals surface area contributed by atoms with Crippen LogP contribution in [0.4, 0.5) is 0 Å². The Morgan fingerprint density at radius 1 is 1.00 bits per heavy atom. The van der Waals surface area contributed by atoms with Gasteiger partial charge in [0.2, 0.25) is 11.8 Å². The van der Waals surface area contributed by atoms with Crippen LogP contribution in [0.1, 0.15) is 45.1 Å². The maximum atomic E-state index is 12.9. The van der Waals surface area contributed by atoms with Crippen molar-refractivity contribution in [2.24, 2.45) is 0 Å². The first-order chi connectivity index (χ1) is 14.1. The van der Waals surface area contributed by atoms with Crippen LogP contribution in [-0.4, -0.2) is 35.9 Å². The normalized spacial score (nSPS) is 11.5. The Kier molecular flexibility index (Phi) is 9.76. The summed E-state index contributed by atoms with van der Waals surface area (Å²) in [5.74, 6) is 0.650. The summed E-state index contributed by atoms with van der Waals surface area (Å²) in [6.07, 6.45) is 2.89. The number of hydrogen-bond donors (Lipinski definition) is 1. The lowest BCUT2D eigenvalue weighted by Gasteiger charge is -2.29. The van der Waals surface area contributed by atoms with E-state index in [2.05, 4.69) is 12.2 Å². The van der Waals surface area contributed by atoms with Gasteiger partial charge in [-0.15, -0.1) is 0 Å². The third kappa shape index (κ3) is 7.98. The van der Waals surface area contributed by atoms with Gasteiger partial charge >= 0.3 is 0 Å². The molecular weight excluding hydrogens is 364 g/mol. The highest BCUT2D eigenvalue weighted by Crippen LogP contribution is 2.13. The van der Waals surface area contributed by atoms with E-state index < -0.39 is 6.04 Å². The number of amides is 2. The molecule has 29 heavy (non-hydrogen) atoms. The van der Waals surface area contributed by atoms with Crippen molar-refractivity contribution in [3.8, 4) is 5.75 Å². The van der Waals surface area contributed by atoms with Crippen molar-refractivity contribution < 1.29 is 14.3 Å². The van der Waals surface area contributed by atoms with Crippen LogP contribution in [0.25, 0.3) is 0 Å². The number of ether oxygens (including phenoxy) is 1. The average molecular weight is 397 g/mol. The van der Waals surface area contributed by atoms with Crippen molar-refractivity contribution in [3.05, 3.63) is 66.2 Å². The monoisotopic (exact) mass is 396 g/mol. The fourth-order valence-electron chi connectivity index (χ4n) is 2.97. The van der Waals surface area contributed by atoms with Gasteiger partial charge in [0.25, 0.3) is 0 Å². The van der Waals surface area contributed by atoms with E-state index in [0.29, 0.717) is 32.5 Å². The molecular formula is C24H32N2O3. The summed E-state index contributed by atoms with van der Waals surface area (Å²) in [6, 6.07) is 18.8. The number of nitrogens with zero attached hydrogens (tertiary/aromatic N) is 1. The fourth-order valence-corrected chi connectivity index (χ4v) is 2.97. The number of benzene rings is 2. The van der Waals surface area contributed by atoms with Gasteiger partial charge in [0, 0.05) is 19.5 Å². The Balaban J connectivity index is 1.93. The largest absolute Gasteiger partial charge is 0.494 e. The first-order valence-corrected chi connectivity index (χ1v) is 10.4. The number of para-hydroxylation sites is 1. The predicted octanol–water partition coefficient (Wildman–Crippen LogP) is 4.18. The van der Waals surface area contributed by atoms with E-state index in [0.717, 1.165) is 24.2 Å². The molecule has 156 valence electrons. The van der Waals surface area contributed by atoms with E-state index in [-0.39, 0.29) is 11.8 Å². The Labute approximate surface area is 174 Å². The zero-order chi connectivity index (χ0) is 20.9. The highest BCUT2D eigenvalue weighted by Gasteiger charge is 2.25. The van der Waals surface area contributed by atoms with Crippen molar-refractivity contribution in [3.63, 3.8) is 0 Å². The molecule has 2 aromatic rings. The molecule has 0 saturated carbocycles. The molecule has 5 heteroatoms. The predicted molar refractivity (Wildman–Crippen MR) is 116 cm³/mol. The molecule has 0 radical (unpaired) electrons. The molecule has 2 rings (SSSR count). The van der Waals surface area contributed by atoms with E-state index in [4.69, 9.17) is 4.74 Å². The van der Waals surface area contributed by atoms with Crippen molar-refractivity contribution >= 4 is 11.8 Å². The van der Waals surface area contributed by atoms with Gasteiger partial charge in [0.1, 0.15) is 11.8 Å². The number of carbonyl (C=O) groups excluding carboxylic acids is 2. The topological polar surface area (TPSA) is 58.6 Å². The van der Waals surface area contributed by atoms with Gasteiger partial charge in [-0.25, -0.2) is 0 Å². The molecule has 0 unspecified atom stereocenters. The second-order valence-corrected chi connectivity index (χ2v) is 7.09. The quantitative estimate of drug-likeness (QED) is 0.548. The number of rotatable bonds is 12. The summed E-state index contributed by atoms with van der Waals surface area (Å²) in [4.78, 5) is 27.1. The number of carbonyl (C=O) groups is 2. The van der Waals surface area contributed by atoms with E-state index >= 15 is 0 Å². The third-order valence-electron chi connectivity index (χ3n) is 4.74. The van der Waals surface area contributed by atoms with E-state index in [1.54, 1.807) is 11.8 Å². The Morgan fingerprint density at radius 2 is 1.66 bits per heavy atom. The summed E-state index contributed by atoms with van der Waals surface area (Å²) >= 11 is 0. The smallest absolute Gasteiger partial charge is 0.242 e. The van der Waals surface area contributed by atoms with Crippen LogP contribution in [0.3, 0.4) is 0 Å². The van der Waals surface area contributed by atoms with Crippen molar-refractivity contribution in [1.29, 1.82) is 0 Å². The van der Waals surface area contributed by atoms with Crippen LogP contribution in [0.15, 0.2) is 60.7 Å². The van der Waals surface area contributed by atoms with Crippen LogP contribution in [0, 0.1) is 0 Å². The lowest BCUT2D eigenvalue weighted by atomic mass is 10.1. The summed E-state index contributed by atoms with van der Waals surface area (Å²) in [5.41, 5.74) is 1.01. The molecule has 2 amide bonds. The van der Waals surface area contributed by atoms with Crippen molar-refractivity contribution in [1.82, 2.24) is 10.2 Å². The lowest BCUT2D eigenvalue weighted by Crippen LogP contribution is -2.47. The third-order valence-corrected chi connectivity index (χ3v) is 4.74. The lowest BCUT2D eigenvalue weighted by molar-refractivity contribution is -0.140. The molecule has 5 nitrogen and oxygen atoms in total. The number of unbranched alkanes of at least 4 members (excludes halogenated alkanes) is 1. The molecule has 0 spiro atoms. The van der Waals surface area contributed by atoms with Gasteiger partial charge in [-0.1, -0.05) is 61.9 Å². The molecule has 0 aliphatic heterocycles. The highest BCUT2D eigenvalue weighted by atomic mass is 16.5. The molecule has 0 aliphatic rings. The van der Waals surface area contributed by atoms with Crippen LogP contribution in [-0.2, 0) is 16.1 Å². The standard InChI is InChI=1S/C24H32N2O3/c1-3-4-17-25-24(28)20(2)26(19-21-12-7-5-8-13-21)23(27)16-11-18-29-22-14-9-6-10-15-22/h5-10,12-15,20H,3-4,11,16-19H2,1-2H3,(H,25,28)/t20-/m0/s1. The Bertz CT molecular complexity index is 734. The summed E-state index contributed by atoms with van der Waals surface area (Å²) in [7, 11) is 0. The summed E-state index contributed by atoms with van der Waals surface area (Å²) in [6.45, 7) is 5.40. The maximum absolute atomic E-state index is 12.9. The minimum atomic E-state index is -0.519. The first kappa shape index (κ1) is 22.5. The molecule has 0 fully saturated rings. The maximum Gasteiger partial charge on any atom is 0.242 e. The van der Waals surface area contributed by atoms with Crippen molar-refractivity contribution in [2.75, 3.05) is 13.2 Å². The van der Waals surface area contributed by atoms with Crippen LogP contribution >= 0.6 is 0 Å². The second-order valence-electron chi connectivity index (χ2n) is 7.09. The molecule has 1 N–H and O–H groups in total. The minimum absolute atomic E-state index is 0.0383. The second kappa shape index (κ2) is 12.6. The van der Waals surface area contributed by atoms with E-state index in [1.807, 2.05) is 60.7 Å². The number of nitrogens with one attached hydrogen (secondary N) is 1. The molecule has 0 aliphatic carbocycles. The van der Waals surface area contributed by atoms with Gasteiger partial charge in [0.15, 0.2) is 0 Å². The average Bonchev–Trinajstić information content (AvgIpc) is 2.76. The Hall–Kier alpha value is -2.82. The SMILES string of the molecule is CCCCNC(=O)[C@H](C)N(Cc1ccccc1)C(=O)CCCOc1ccccc1. The Morgan fingerprint density at radius 3 is 2.31 bits per heavy atom. The van der Waals surface area contributed by atoms with Gasteiger partial charge in [-0.3, -0.25) is 9.59 Å². The van der Waals surface area contributed by atoms with E-state index in [1.165, 1.54) is 0 Å². The minimum Gasteiger partial charge on any atom is -0.494 e. The van der Waals surface area contributed by atoms with Crippen LogP contribution in [0.5, 0.6) is 5.75 Å². The summed E-state index contributed by atoms with van der Waals surface area (Å²) in [5, 5.41) is 2.94. The molecule has 0 saturated heterocycles. The van der Waals surface area contributed by atoms with Crippen LogP contribution < -0.4 is 10.1 Å². The number of hydrogen-bond acceptors (Lipinski definition) is 3. The first-order valence-electron chi connectivity index (χ1n) is 10.4. The van der Waals surface area contributed by atoms with Gasteiger partial charge < -0.3 is 15.0 Å². The molecule has 0 heterocycles. The summed E-state index contributed by atoms with van der Waals surface area (Å²) < 4.78 is 5.68. The molecule has 0 aromatic heterocycles. The van der Waals surface area contributed by atoms with Gasteiger partial charge in [-0.2, -0.15) is 0 Å². The highest BCUT2D eigenvalue weighted by molar-refractivity contribution is 5.87. The molecule has 0 bridgehead atoms. The fraction of sp³-hybridized carbons (Fsp3) is 0.417. The van der Waals surface area contributed by atoms with Gasteiger partial charge in [-0.05, 0) is 37.5 Å². The van der Waals surface area contributed by atoms with E-state index in [9.17, 15) is 9.59 Å². The molecule has 1 atom stereocenters.